The van der Waals surface area contributed by atoms with Crippen LogP contribution < -0.4 is 19.7 Å². The summed E-state index contributed by atoms with van der Waals surface area (Å²) in [6, 6.07) is 19.5. The van der Waals surface area contributed by atoms with Crippen LogP contribution in [0.3, 0.4) is 0 Å². The molecule has 3 aromatic carbocycles. The van der Waals surface area contributed by atoms with Gasteiger partial charge in [0, 0.05) is 36.3 Å². The van der Waals surface area contributed by atoms with Crippen molar-refractivity contribution in [2.45, 2.75) is 13.0 Å². The summed E-state index contributed by atoms with van der Waals surface area (Å²) in [4.78, 5) is 29.7. The zero-order valence-electron chi connectivity index (χ0n) is 19.1. The van der Waals surface area contributed by atoms with Crippen LogP contribution in [0.4, 0.5) is 16.2 Å². The van der Waals surface area contributed by atoms with Gasteiger partial charge < -0.3 is 19.7 Å². The Morgan fingerprint density at radius 1 is 0.971 bits per heavy atom. The summed E-state index contributed by atoms with van der Waals surface area (Å²) in [6.45, 7) is 1.61. The van der Waals surface area contributed by atoms with Crippen LogP contribution in [0, 0.1) is 0 Å². The third-order valence-electron chi connectivity index (χ3n) is 5.65. The number of urea groups is 1. The topological polar surface area (TPSA) is 71.1 Å². The van der Waals surface area contributed by atoms with Gasteiger partial charge in [-0.3, -0.25) is 9.69 Å². The smallest absolute Gasteiger partial charge is 0.324 e. The number of halogens is 1. The second-order valence-electron chi connectivity index (χ2n) is 7.91. The number of anilines is 2. The maximum absolute atomic E-state index is 13.4. The number of para-hydroxylation sites is 2. The van der Waals surface area contributed by atoms with Crippen molar-refractivity contribution >= 4 is 34.9 Å². The first-order valence-electron chi connectivity index (χ1n) is 10.9. The minimum Gasteiger partial charge on any atom is -0.497 e. The van der Waals surface area contributed by atoms with E-state index in [9.17, 15) is 9.59 Å². The van der Waals surface area contributed by atoms with Crippen molar-refractivity contribution in [2.24, 2.45) is 0 Å². The van der Waals surface area contributed by atoms with E-state index in [2.05, 4.69) is 5.32 Å². The minimum atomic E-state index is -0.270. The Balaban J connectivity index is 1.54. The molecule has 1 heterocycles. The Morgan fingerprint density at radius 2 is 1.65 bits per heavy atom. The number of nitrogens with zero attached hydrogens (tertiary/aromatic N) is 2. The molecular weight excluding hydrogens is 454 g/mol. The molecular formula is C26H26ClN3O4. The van der Waals surface area contributed by atoms with Crippen LogP contribution in [0.15, 0.2) is 66.7 Å². The first kappa shape index (κ1) is 23.4. The van der Waals surface area contributed by atoms with E-state index in [1.54, 1.807) is 60.4 Å². The quantitative estimate of drug-likeness (QED) is 0.489. The van der Waals surface area contributed by atoms with Gasteiger partial charge in [0.15, 0.2) is 0 Å². The largest absolute Gasteiger partial charge is 0.497 e. The Bertz CT molecular complexity index is 1160. The van der Waals surface area contributed by atoms with Gasteiger partial charge in [-0.1, -0.05) is 23.7 Å². The van der Waals surface area contributed by atoms with Crippen LogP contribution in [0.1, 0.15) is 22.3 Å². The molecule has 1 fully saturated rings. The van der Waals surface area contributed by atoms with Crippen molar-refractivity contribution in [3.8, 4) is 11.5 Å². The lowest BCUT2D eigenvalue weighted by atomic mass is 10.1. The van der Waals surface area contributed by atoms with Gasteiger partial charge in [0.2, 0.25) is 0 Å². The van der Waals surface area contributed by atoms with E-state index < -0.39 is 0 Å². The van der Waals surface area contributed by atoms with Gasteiger partial charge in [0.1, 0.15) is 11.5 Å². The summed E-state index contributed by atoms with van der Waals surface area (Å²) in [5, 5.41) is 3.49. The number of hydrogen-bond donors (Lipinski definition) is 1. The molecule has 3 aromatic rings. The molecule has 34 heavy (non-hydrogen) atoms. The highest BCUT2D eigenvalue weighted by molar-refractivity contribution is 6.30. The van der Waals surface area contributed by atoms with E-state index in [1.165, 1.54) is 0 Å². The van der Waals surface area contributed by atoms with E-state index in [1.807, 2.05) is 30.3 Å². The SMILES string of the molecule is COc1cc(CN2CCCN(c3ccccc3NC(=O)c3ccc(Cl)cc3)C2=O)cc(OC)c1. The highest BCUT2D eigenvalue weighted by Gasteiger charge is 2.29. The molecule has 0 atom stereocenters. The second-order valence-corrected chi connectivity index (χ2v) is 8.34. The van der Waals surface area contributed by atoms with Crippen molar-refractivity contribution < 1.29 is 19.1 Å². The van der Waals surface area contributed by atoms with Gasteiger partial charge in [-0.05, 0) is 60.5 Å². The standard InChI is InChI=1S/C26H26ClN3O4/c1-33-21-14-18(15-22(16-21)34-2)17-29-12-5-13-30(26(29)32)24-7-4-3-6-23(24)28-25(31)19-8-10-20(27)11-9-19/h3-4,6-11,14-16H,5,12-13,17H2,1-2H3,(H,28,31). The monoisotopic (exact) mass is 479 g/mol. The Labute approximate surface area is 203 Å². The van der Waals surface area contributed by atoms with Crippen molar-refractivity contribution in [1.82, 2.24) is 4.90 Å². The van der Waals surface area contributed by atoms with Crippen LogP contribution in [-0.4, -0.2) is 44.1 Å². The highest BCUT2D eigenvalue weighted by Crippen LogP contribution is 2.30. The minimum absolute atomic E-state index is 0.124. The molecule has 0 aromatic heterocycles. The molecule has 0 radical (unpaired) electrons. The summed E-state index contributed by atoms with van der Waals surface area (Å²) in [5.41, 5.74) is 2.62. The lowest BCUT2D eigenvalue weighted by molar-refractivity contribution is 0.102. The maximum atomic E-state index is 13.4. The lowest BCUT2D eigenvalue weighted by Crippen LogP contribution is -2.49. The third kappa shape index (κ3) is 5.26. The number of rotatable bonds is 7. The highest BCUT2D eigenvalue weighted by atomic mass is 35.5. The molecule has 1 aliphatic heterocycles. The summed E-state index contributed by atoms with van der Waals surface area (Å²) in [7, 11) is 3.20. The predicted octanol–water partition coefficient (Wildman–Crippen LogP) is 5.44. The average molecular weight is 480 g/mol. The number of amides is 3. The molecule has 0 aliphatic carbocycles. The van der Waals surface area contributed by atoms with E-state index in [-0.39, 0.29) is 11.9 Å². The molecule has 1 saturated heterocycles. The van der Waals surface area contributed by atoms with E-state index in [4.69, 9.17) is 21.1 Å². The summed E-state index contributed by atoms with van der Waals surface area (Å²) >= 11 is 5.93. The van der Waals surface area contributed by atoms with Crippen molar-refractivity contribution in [1.29, 1.82) is 0 Å². The second kappa shape index (κ2) is 10.5. The van der Waals surface area contributed by atoms with Crippen LogP contribution in [0.25, 0.3) is 0 Å². The van der Waals surface area contributed by atoms with Gasteiger partial charge in [-0.2, -0.15) is 0 Å². The zero-order valence-corrected chi connectivity index (χ0v) is 19.8. The Kier molecular flexibility index (Phi) is 7.23. The summed E-state index contributed by atoms with van der Waals surface area (Å²) < 4.78 is 10.7. The van der Waals surface area contributed by atoms with Crippen molar-refractivity contribution in [3.63, 3.8) is 0 Å². The Hall–Kier alpha value is -3.71. The van der Waals surface area contributed by atoms with E-state index in [0.717, 1.165) is 12.0 Å². The fraction of sp³-hybridized carbons (Fsp3) is 0.231. The van der Waals surface area contributed by atoms with Gasteiger partial charge in [0.25, 0.3) is 5.91 Å². The van der Waals surface area contributed by atoms with Gasteiger partial charge >= 0.3 is 6.03 Å². The zero-order chi connectivity index (χ0) is 24.1. The normalized spacial score (nSPS) is 13.6. The number of methoxy groups -OCH3 is 2. The van der Waals surface area contributed by atoms with Crippen LogP contribution in [0.5, 0.6) is 11.5 Å². The fourth-order valence-corrected chi connectivity index (χ4v) is 4.07. The fourth-order valence-electron chi connectivity index (χ4n) is 3.94. The van der Waals surface area contributed by atoms with E-state index in [0.29, 0.717) is 53.1 Å². The molecule has 3 amide bonds. The first-order chi connectivity index (χ1) is 16.5. The number of benzene rings is 3. The molecule has 1 aliphatic rings. The third-order valence-corrected chi connectivity index (χ3v) is 5.90. The molecule has 0 unspecified atom stereocenters. The number of nitrogens with one attached hydrogen (secondary N) is 1. The van der Waals surface area contributed by atoms with Gasteiger partial charge in [-0.15, -0.1) is 0 Å². The maximum Gasteiger partial charge on any atom is 0.324 e. The van der Waals surface area contributed by atoms with Gasteiger partial charge in [0.05, 0.1) is 25.6 Å². The van der Waals surface area contributed by atoms with Crippen LogP contribution >= 0.6 is 11.6 Å². The molecule has 4 rings (SSSR count). The van der Waals surface area contributed by atoms with Crippen LogP contribution in [-0.2, 0) is 6.54 Å². The van der Waals surface area contributed by atoms with Crippen LogP contribution in [0.2, 0.25) is 5.02 Å². The lowest BCUT2D eigenvalue weighted by Gasteiger charge is -2.36. The molecule has 0 bridgehead atoms. The number of ether oxygens (including phenoxy) is 2. The molecule has 176 valence electrons. The molecule has 0 saturated carbocycles. The predicted molar refractivity (Wildman–Crippen MR) is 133 cm³/mol. The molecule has 0 spiro atoms. The molecule has 7 nitrogen and oxygen atoms in total. The molecule has 1 N–H and O–H groups in total. The first-order valence-corrected chi connectivity index (χ1v) is 11.3. The number of carbonyl (C=O) groups is 2. The summed E-state index contributed by atoms with van der Waals surface area (Å²) in [5.74, 6) is 1.07. The van der Waals surface area contributed by atoms with E-state index >= 15 is 0 Å². The summed E-state index contributed by atoms with van der Waals surface area (Å²) in [6.07, 6.45) is 0.798. The number of carbonyl (C=O) groups excluding carboxylic acids is 2. The molecule has 8 heteroatoms. The van der Waals surface area contributed by atoms with Gasteiger partial charge in [-0.25, -0.2) is 4.79 Å². The van der Waals surface area contributed by atoms with Crippen molar-refractivity contribution in [3.05, 3.63) is 82.9 Å². The average Bonchev–Trinajstić information content (AvgIpc) is 2.86. The van der Waals surface area contributed by atoms with Crippen molar-refractivity contribution in [2.75, 3.05) is 37.5 Å². The number of hydrogen-bond acceptors (Lipinski definition) is 4. The Morgan fingerprint density at radius 3 is 2.32 bits per heavy atom.